The lowest BCUT2D eigenvalue weighted by Crippen LogP contribution is -2.66. The molecule has 0 radical (unpaired) electrons. The Morgan fingerprint density at radius 1 is 0.580 bits per heavy atom. The molecule has 0 amide bonds. The lowest BCUT2D eigenvalue weighted by atomic mass is 9.33. The molecular weight excluding hydrogens is 619 g/mol. The maximum Gasteiger partial charge on any atom is 0.252 e. The van der Waals surface area contributed by atoms with Crippen LogP contribution in [0.15, 0.2) is 109 Å². The molecule has 4 aliphatic heterocycles. The number of rotatable bonds is 3. The summed E-state index contributed by atoms with van der Waals surface area (Å²) in [7, 11) is 0. The molecule has 2 saturated carbocycles. The van der Waals surface area contributed by atoms with E-state index in [2.05, 4.69) is 109 Å². The van der Waals surface area contributed by atoms with Gasteiger partial charge in [0.2, 0.25) is 5.79 Å². The van der Waals surface area contributed by atoms with Crippen molar-refractivity contribution in [2.75, 3.05) is 14.7 Å². The number of anilines is 7. The Bertz CT molecular complexity index is 2090. The van der Waals surface area contributed by atoms with E-state index >= 15 is 8.78 Å². The van der Waals surface area contributed by atoms with Gasteiger partial charge in [0.25, 0.3) is 6.71 Å². The normalized spacial score (nSPS) is 29.2. The molecular formula is C44H40BF2N3. The van der Waals surface area contributed by atoms with E-state index in [1.165, 1.54) is 29.6 Å². The number of hydrogen-bond acceptors (Lipinski definition) is 3. The number of para-hydroxylation sites is 4. The number of benzene rings is 5. The van der Waals surface area contributed by atoms with E-state index in [0.29, 0.717) is 18.4 Å². The lowest BCUT2D eigenvalue weighted by Gasteiger charge is -2.53. The van der Waals surface area contributed by atoms with Crippen LogP contribution in [-0.2, 0) is 11.1 Å². The maximum absolute atomic E-state index is 18.3. The van der Waals surface area contributed by atoms with Gasteiger partial charge in [0.05, 0.1) is 11.2 Å². The zero-order valence-electron chi connectivity index (χ0n) is 28.7. The van der Waals surface area contributed by atoms with Crippen molar-refractivity contribution in [2.45, 2.75) is 87.6 Å². The maximum atomic E-state index is 18.3. The smallest absolute Gasteiger partial charge is 0.252 e. The zero-order valence-corrected chi connectivity index (χ0v) is 28.7. The van der Waals surface area contributed by atoms with E-state index < -0.39 is 11.5 Å². The minimum absolute atomic E-state index is 0.0360. The Morgan fingerprint density at radius 2 is 1.14 bits per heavy atom. The molecule has 11 rings (SSSR count). The van der Waals surface area contributed by atoms with Crippen molar-refractivity contribution in [1.29, 1.82) is 0 Å². The molecule has 4 heterocycles. The highest BCUT2D eigenvalue weighted by Crippen LogP contribution is 2.66. The summed E-state index contributed by atoms with van der Waals surface area (Å²) in [5.74, 6) is -2.16. The highest BCUT2D eigenvalue weighted by molar-refractivity contribution is 7.00. The fourth-order valence-electron chi connectivity index (χ4n) is 11.5. The fourth-order valence-corrected chi connectivity index (χ4v) is 11.5. The third kappa shape index (κ3) is 3.24. The second-order valence-corrected chi connectivity index (χ2v) is 16.1. The predicted octanol–water partition coefficient (Wildman–Crippen LogP) is 9.60. The van der Waals surface area contributed by atoms with Gasteiger partial charge in [0.15, 0.2) is 5.67 Å². The van der Waals surface area contributed by atoms with Gasteiger partial charge in [-0.3, -0.25) is 0 Å². The molecule has 0 saturated heterocycles. The SMILES string of the molecule is CC12CCCCC1(C)N1c3cc(N(c4ccccc4)c4ccccc4)cc4c3B(c3cccc2c31)c1cccc2c1N4C1(F)CCCCC21F. The molecule has 2 aliphatic carbocycles. The van der Waals surface area contributed by atoms with Gasteiger partial charge >= 0.3 is 0 Å². The van der Waals surface area contributed by atoms with Crippen molar-refractivity contribution in [3.8, 4) is 0 Å². The number of alkyl halides is 2. The summed E-state index contributed by atoms with van der Waals surface area (Å²) in [6.07, 6.45) is 6.32. The number of nitrogens with zero attached hydrogens (tertiary/aromatic N) is 3. The summed E-state index contributed by atoms with van der Waals surface area (Å²) in [5.41, 5.74) is 10.1. The topological polar surface area (TPSA) is 9.72 Å². The van der Waals surface area contributed by atoms with Gasteiger partial charge in [-0.25, -0.2) is 8.78 Å². The quantitative estimate of drug-likeness (QED) is 0.141. The minimum Gasteiger partial charge on any atom is -0.335 e. The van der Waals surface area contributed by atoms with Crippen LogP contribution in [0.2, 0.25) is 0 Å². The molecule has 0 aromatic heterocycles. The molecule has 4 unspecified atom stereocenters. The van der Waals surface area contributed by atoms with E-state index in [0.717, 1.165) is 57.9 Å². The van der Waals surface area contributed by atoms with E-state index in [1.807, 2.05) is 29.2 Å². The number of fused-ring (bicyclic) bond motifs is 10. The first-order valence-electron chi connectivity index (χ1n) is 18.6. The molecule has 50 heavy (non-hydrogen) atoms. The molecule has 0 N–H and O–H groups in total. The Balaban J connectivity index is 1.28. The summed E-state index contributed by atoms with van der Waals surface area (Å²) >= 11 is 0. The first-order valence-corrected chi connectivity index (χ1v) is 18.6. The molecule has 0 spiro atoms. The summed E-state index contributed by atoms with van der Waals surface area (Å²) in [6, 6.07) is 38.4. The van der Waals surface area contributed by atoms with Gasteiger partial charge in [-0.2, -0.15) is 0 Å². The molecule has 5 aromatic carbocycles. The molecule has 6 heteroatoms. The van der Waals surface area contributed by atoms with Crippen molar-refractivity contribution >= 4 is 62.9 Å². The van der Waals surface area contributed by atoms with Gasteiger partial charge < -0.3 is 14.7 Å². The molecule has 2 fully saturated rings. The van der Waals surface area contributed by atoms with E-state index in [4.69, 9.17) is 0 Å². The standard InChI is InChI=1S/C44H40BF2N3/c1-41-23-9-10-24-42(41,2)49-36-27-31(48(29-15-5-3-6-16-29)30-17-7-4-8-18-30)28-37-38(36)45(34-21-13-19-32(41)39(34)49)35-22-14-20-33-40(35)50(37)44(47)26-12-11-25-43(33,44)46/h3-8,13-22,27-28H,9-12,23-26H2,1-2H3. The summed E-state index contributed by atoms with van der Waals surface area (Å²) in [4.78, 5) is 6.80. The van der Waals surface area contributed by atoms with E-state index in [1.54, 1.807) is 0 Å². The summed E-state index contributed by atoms with van der Waals surface area (Å²) in [5, 5.41) is 0. The zero-order chi connectivity index (χ0) is 33.6. The van der Waals surface area contributed by atoms with Crippen LogP contribution in [0.3, 0.4) is 0 Å². The van der Waals surface area contributed by atoms with E-state index in [9.17, 15) is 0 Å². The highest BCUT2D eigenvalue weighted by Gasteiger charge is 2.69. The van der Waals surface area contributed by atoms with Gasteiger partial charge in [-0.05, 0) is 97.4 Å². The Kier molecular flexibility index (Phi) is 5.60. The molecule has 248 valence electrons. The summed E-state index contributed by atoms with van der Waals surface area (Å²) < 4.78 is 36.0. The number of halogens is 2. The first-order chi connectivity index (χ1) is 24.3. The minimum atomic E-state index is -2.16. The first kappa shape index (κ1) is 29.2. The van der Waals surface area contributed by atoms with Crippen molar-refractivity contribution in [3.63, 3.8) is 0 Å². The third-order valence-corrected chi connectivity index (χ3v) is 13.9. The fraction of sp³-hybridized carbons (Fsp3) is 0.318. The Labute approximate surface area is 293 Å². The molecule has 5 aromatic rings. The van der Waals surface area contributed by atoms with E-state index in [-0.39, 0.29) is 30.5 Å². The molecule has 0 bridgehead atoms. The second kappa shape index (κ2) is 9.60. The van der Waals surface area contributed by atoms with Crippen molar-refractivity contribution in [3.05, 3.63) is 120 Å². The van der Waals surface area contributed by atoms with Crippen LogP contribution >= 0.6 is 0 Å². The Morgan fingerprint density at radius 3 is 1.82 bits per heavy atom. The summed E-state index contributed by atoms with van der Waals surface area (Å²) in [6.45, 7) is 4.83. The van der Waals surface area contributed by atoms with Crippen LogP contribution in [0.1, 0.15) is 76.3 Å². The van der Waals surface area contributed by atoms with Crippen LogP contribution < -0.4 is 31.1 Å². The van der Waals surface area contributed by atoms with Crippen molar-refractivity contribution in [2.24, 2.45) is 0 Å². The van der Waals surface area contributed by atoms with Crippen LogP contribution in [-0.4, -0.2) is 18.0 Å². The average Bonchev–Trinajstić information content (AvgIpc) is 3.49. The van der Waals surface area contributed by atoms with Crippen LogP contribution in [0, 0.1) is 0 Å². The monoisotopic (exact) mass is 659 g/mol. The largest absolute Gasteiger partial charge is 0.335 e. The van der Waals surface area contributed by atoms with Gasteiger partial charge in [0, 0.05) is 51.5 Å². The Hall–Kier alpha value is -4.58. The van der Waals surface area contributed by atoms with Crippen LogP contribution in [0.25, 0.3) is 0 Å². The van der Waals surface area contributed by atoms with Crippen molar-refractivity contribution in [1.82, 2.24) is 0 Å². The molecule has 6 aliphatic rings. The second-order valence-electron chi connectivity index (χ2n) is 16.1. The molecule has 4 atom stereocenters. The number of hydrogen-bond donors (Lipinski definition) is 0. The van der Waals surface area contributed by atoms with Crippen molar-refractivity contribution < 1.29 is 8.78 Å². The average molecular weight is 660 g/mol. The van der Waals surface area contributed by atoms with Gasteiger partial charge in [-0.1, -0.05) is 92.6 Å². The highest BCUT2D eigenvalue weighted by atomic mass is 19.2. The van der Waals surface area contributed by atoms with Crippen LogP contribution in [0.5, 0.6) is 0 Å². The predicted molar refractivity (Wildman–Crippen MR) is 202 cm³/mol. The lowest BCUT2D eigenvalue weighted by molar-refractivity contribution is -0.0615. The molecule has 3 nitrogen and oxygen atoms in total. The van der Waals surface area contributed by atoms with Gasteiger partial charge in [0.1, 0.15) is 0 Å². The third-order valence-electron chi connectivity index (χ3n) is 13.9. The van der Waals surface area contributed by atoms with Crippen LogP contribution in [0.4, 0.5) is 48.6 Å². The van der Waals surface area contributed by atoms with Gasteiger partial charge in [-0.15, -0.1) is 0 Å².